The second kappa shape index (κ2) is 7.37. The second-order valence-corrected chi connectivity index (χ2v) is 11.3. The number of benzene rings is 1. The molecule has 35 heavy (non-hydrogen) atoms. The van der Waals surface area contributed by atoms with E-state index in [2.05, 4.69) is 4.90 Å². The van der Waals surface area contributed by atoms with E-state index in [0.717, 1.165) is 43.0 Å². The van der Waals surface area contributed by atoms with E-state index in [-0.39, 0.29) is 29.8 Å². The molecule has 5 atom stereocenters. The summed E-state index contributed by atoms with van der Waals surface area (Å²) < 4.78 is 11.6. The van der Waals surface area contributed by atoms with Gasteiger partial charge in [0.1, 0.15) is 6.10 Å². The molecule has 1 spiro atoms. The lowest BCUT2D eigenvalue weighted by Gasteiger charge is -2.64. The summed E-state index contributed by atoms with van der Waals surface area (Å²) in [6.07, 6.45) is 11.5. The number of hydrogen-bond acceptors (Lipinski definition) is 6. The fraction of sp³-hybridized carbons (Fsp3) is 0.536. The molecule has 7 heteroatoms. The van der Waals surface area contributed by atoms with E-state index in [9.17, 15) is 15.0 Å². The summed E-state index contributed by atoms with van der Waals surface area (Å²) in [6, 6.07) is 5.39. The summed E-state index contributed by atoms with van der Waals surface area (Å²) in [6.45, 7) is 1.96. The highest BCUT2D eigenvalue weighted by Gasteiger charge is 2.72. The minimum absolute atomic E-state index is 0.0151. The molecule has 0 unspecified atom stereocenters. The zero-order valence-electron chi connectivity index (χ0n) is 20.0. The molecule has 7 nitrogen and oxygen atoms in total. The first-order valence-electron chi connectivity index (χ1n) is 12.9. The number of furan rings is 1. The topological polar surface area (TPSA) is 86.4 Å². The third-order valence-corrected chi connectivity index (χ3v) is 9.53. The molecule has 2 aliphatic heterocycles. The highest BCUT2D eigenvalue weighted by molar-refractivity contribution is 5.91. The van der Waals surface area contributed by atoms with Crippen molar-refractivity contribution in [2.45, 2.75) is 67.7 Å². The van der Waals surface area contributed by atoms with Crippen molar-refractivity contribution in [1.82, 2.24) is 9.80 Å². The Balaban J connectivity index is 1.26. The van der Waals surface area contributed by atoms with Gasteiger partial charge in [-0.2, -0.15) is 0 Å². The van der Waals surface area contributed by atoms with Crippen molar-refractivity contribution in [2.75, 3.05) is 20.1 Å². The minimum atomic E-state index is -1.03. The number of phenols is 1. The number of ether oxygens (including phenoxy) is 1. The van der Waals surface area contributed by atoms with Crippen molar-refractivity contribution in [2.24, 2.45) is 5.92 Å². The molecule has 1 saturated heterocycles. The van der Waals surface area contributed by atoms with Crippen molar-refractivity contribution in [3.8, 4) is 11.5 Å². The van der Waals surface area contributed by atoms with Gasteiger partial charge >= 0.3 is 0 Å². The number of amides is 1. The van der Waals surface area contributed by atoms with Crippen molar-refractivity contribution >= 4 is 12.0 Å². The van der Waals surface area contributed by atoms with Crippen LogP contribution in [0.5, 0.6) is 11.5 Å². The summed E-state index contributed by atoms with van der Waals surface area (Å²) in [4.78, 5) is 17.4. The van der Waals surface area contributed by atoms with Crippen LogP contribution in [0.3, 0.4) is 0 Å². The molecular formula is C28H32N2O5. The van der Waals surface area contributed by atoms with Gasteiger partial charge in [0.2, 0.25) is 5.91 Å². The number of nitrogens with zero attached hydrogens (tertiary/aromatic N) is 2. The quantitative estimate of drug-likeness (QED) is 0.645. The summed E-state index contributed by atoms with van der Waals surface area (Å²) in [5, 5.41) is 23.4. The number of likely N-dealkylation sites (N-methyl/N-ethyl adjacent to an activating group) is 1. The number of piperidine rings is 1. The summed E-state index contributed by atoms with van der Waals surface area (Å²) >= 11 is 0. The fourth-order valence-corrected chi connectivity index (χ4v) is 7.61. The van der Waals surface area contributed by atoms with Crippen LogP contribution in [0, 0.1) is 5.92 Å². The van der Waals surface area contributed by atoms with Crippen molar-refractivity contribution < 1.29 is 24.2 Å². The van der Waals surface area contributed by atoms with Crippen LogP contribution in [0.15, 0.2) is 41.2 Å². The number of aromatic hydroxyl groups is 1. The SMILES string of the molecule is CN(C(=O)/C=C/c1ccoc1)[C@H]1C[C@@H]2Oc3c(O)ccc4c3[C@@]23CCN(CC2CC2)[C@H](C4)[C@]3(O)C1. The van der Waals surface area contributed by atoms with Crippen molar-refractivity contribution in [3.63, 3.8) is 0 Å². The molecule has 2 saturated carbocycles. The smallest absolute Gasteiger partial charge is 0.246 e. The van der Waals surface area contributed by atoms with Crippen molar-refractivity contribution in [3.05, 3.63) is 53.5 Å². The third kappa shape index (κ3) is 2.94. The van der Waals surface area contributed by atoms with E-state index in [1.807, 2.05) is 19.2 Å². The van der Waals surface area contributed by atoms with Gasteiger partial charge in [0.15, 0.2) is 11.5 Å². The van der Waals surface area contributed by atoms with Crippen LogP contribution in [0.4, 0.5) is 0 Å². The first-order chi connectivity index (χ1) is 16.9. The van der Waals surface area contributed by atoms with Crippen LogP contribution in [0.25, 0.3) is 6.08 Å². The Labute approximate surface area is 205 Å². The van der Waals surface area contributed by atoms with E-state index in [0.29, 0.717) is 18.6 Å². The number of hydrogen-bond donors (Lipinski definition) is 2. The summed E-state index contributed by atoms with van der Waals surface area (Å²) in [5.74, 6) is 1.33. The van der Waals surface area contributed by atoms with Gasteiger partial charge < -0.3 is 24.3 Å². The van der Waals surface area contributed by atoms with Crippen LogP contribution >= 0.6 is 0 Å². The number of aliphatic hydroxyl groups is 1. The predicted molar refractivity (Wildman–Crippen MR) is 129 cm³/mol. The highest BCUT2D eigenvalue weighted by Crippen LogP contribution is 2.65. The van der Waals surface area contributed by atoms with E-state index in [1.165, 1.54) is 18.4 Å². The van der Waals surface area contributed by atoms with Gasteiger partial charge in [0, 0.05) is 49.3 Å². The van der Waals surface area contributed by atoms with Gasteiger partial charge in [0.05, 0.1) is 23.5 Å². The fourth-order valence-electron chi connectivity index (χ4n) is 7.61. The van der Waals surface area contributed by atoms with Gasteiger partial charge in [-0.05, 0) is 68.3 Å². The molecule has 2 aromatic rings. The molecule has 0 radical (unpaired) electrons. The van der Waals surface area contributed by atoms with Crippen LogP contribution in [-0.2, 0) is 16.6 Å². The molecule has 2 bridgehead atoms. The lowest BCUT2D eigenvalue weighted by molar-refractivity contribution is -0.198. The number of carbonyl (C=O) groups excluding carboxylic acids is 1. The van der Waals surface area contributed by atoms with Crippen LogP contribution < -0.4 is 4.74 Å². The molecule has 184 valence electrons. The molecule has 3 heterocycles. The van der Waals surface area contributed by atoms with Gasteiger partial charge in [-0.1, -0.05) is 6.07 Å². The van der Waals surface area contributed by atoms with Gasteiger partial charge in [0.25, 0.3) is 0 Å². The standard InChI is InChI=1S/C28H32N2O5/c1-29(24(32)7-4-18-8-11-34-16-18)20-13-23-27-9-10-30(15-17-2-3-17)22(28(27,33)14-20)12-19-5-6-21(31)26(35-23)25(19)27/h4-8,11,16-17,20,22-23,31,33H,2-3,9-10,12-15H2,1H3/b7-4+/t20-,22+,23-,27+,28+/m0/s1. The van der Waals surface area contributed by atoms with E-state index >= 15 is 0 Å². The maximum absolute atomic E-state index is 13.1. The van der Waals surface area contributed by atoms with Gasteiger partial charge in [-0.25, -0.2) is 0 Å². The molecule has 2 N–H and O–H groups in total. The normalized spacial score (nSPS) is 35.1. The van der Waals surface area contributed by atoms with Gasteiger partial charge in [-0.15, -0.1) is 0 Å². The molecule has 3 fully saturated rings. The molecular weight excluding hydrogens is 444 g/mol. The lowest BCUT2D eigenvalue weighted by Crippen LogP contribution is -2.77. The highest BCUT2D eigenvalue weighted by atomic mass is 16.5. The van der Waals surface area contributed by atoms with E-state index in [1.54, 1.807) is 35.6 Å². The average Bonchev–Trinajstić information content (AvgIpc) is 3.36. The van der Waals surface area contributed by atoms with Crippen LogP contribution in [-0.4, -0.2) is 69.8 Å². The zero-order valence-corrected chi connectivity index (χ0v) is 20.0. The Morgan fingerprint density at radius 2 is 2.17 bits per heavy atom. The van der Waals surface area contributed by atoms with E-state index in [4.69, 9.17) is 9.15 Å². The summed E-state index contributed by atoms with van der Waals surface area (Å²) in [7, 11) is 1.82. The Bertz CT molecular complexity index is 1200. The maximum Gasteiger partial charge on any atom is 0.246 e. The number of carbonyl (C=O) groups is 1. The minimum Gasteiger partial charge on any atom is -0.504 e. The lowest BCUT2D eigenvalue weighted by atomic mass is 9.48. The monoisotopic (exact) mass is 476 g/mol. The first-order valence-corrected chi connectivity index (χ1v) is 12.9. The summed E-state index contributed by atoms with van der Waals surface area (Å²) in [5.41, 5.74) is 1.50. The zero-order chi connectivity index (χ0) is 23.9. The molecule has 1 aromatic carbocycles. The Kier molecular flexibility index (Phi) is 4.53. The van der Waals surface area contributed by atoms with Crippen molar-refractivity contribution in [1.29, 1.82) is 0 Å². The first kappa shape index (κ1) is 21.5. The molecule has 1 amide bonds. The maximum atomic E-state index is 13.1. The Morgan fingerprint density at radius 3 is 2.94 bits per heavy atom. The third-order valence-electron chi connectivity index (χ3n) is 9.53. The number of phenolic OH excluding ortho intramolecular Hbond substituents is 1. The largest absolute Gasteiger partial charge is 0.504 e. The second-order valence-electron chi connectivity index (χ2n) is 11.3. The molecule has 7 rings (SSSR count). The number of likely N-dealkylation sites (tertiary alicyclic amines) is 1. The molecule has 3 aliphatic carbocycles. The Morgan fingerprint density at radius 1 is 1.31 bits per heavy atom. The van der Waals surface area contributed by atoms with Gasteiger partial charge in [-0.3, -0.25) is 9.69 Å². The van der Waals surface area contributed by atoms with E-state index < -0.39 is 11.0 Å². The molecule has 5 aliphatic rings. The predicted octanol–water partition coefficient (Wildman–Crippen LogP) is 3.09. The number of rotatable bonds is 5. The molecule has 1 aromatic heterocycles. The average molecular weight is 477 g/mol. The Hall–Kier alpha value is -2.77. The van der Waals surface area contributed by atoms with Crippen LogP contribution in [0.1, 0.15) is 48.8 Å². The van der Waals surface area contributed by atoms with Crippen LogP contribution in [0.2, 0.25) is 0 Å².